The highest BCUT2D eigenvalue weighted by Gasteiger charge is 2.14. The van der Waals surface area contributed by atoms with Gasteiger partial charge < -0.3 is 18.6 Å². The van der Waals surface area contributed by atoms with E-state index in [0.717, 1.165) is 41.6 Å². The first kappa shape index (κ1) is 18.4. The third-order valence-electron chi connectivity index (χ3n) is 4.73. The first-order chi connectivity index (χ1) is 13.7. The highest BCUT2D eigenvalue weighted by Crippen LogP contribution is 2.31. The van der Waals surface area contributed by atoms with Gasteiger partial charge in [0.25, 0.3) is 0 Å². The molecule has 0 unspecified atom stereocenters. The van der Waals surface area contributed by atoms with Crippen molar-refractivity contribution in [3.8, 4) is 28.7 Å². The zero-order valence-electron chi connectivity index (χ0n) is 16.2. The molecule has 146 valence electrons. The fourth-order valence-corrected chi connectivity index (χ4v) is 3.20. The maximum absolute atomic E-state index is 5.69. The van der Waals surface area contributed by atoms with E-state index in [-0.39, 0.29) is 0 Å². The van der Waals surface area contributed by atoms with Crippen LogP contribution in [0.4, 0.5) is 0 Å². The summed E-state index contributed by atoms with van der Waals surface area (Å²) in [5, 5.41) is 0. The maximum atomic E-state index is 5.69. The van der Waals surface area contributed by atoms with E-state index in [1.54, 1.807) is 13.4 Å². The average Bonchev–Trinajstić information content (AvgIpc) is 3.21. The molecule has 1 aliphatic heterocycles. The summed E-state index contributed by atoms with van der Waals surface area (Å²) in [5.74, 6) is 3.07. The van der Waals surface area contributed by atoms with Crippen molar-refractivity contribution in [1.82, 2.24) is 9.88 Å². The summed E-state index contributed by atoms with van der Waals surface area (Å²) < 4.78 is 22.2. The fourth-order valence-electron chi connectivity index (χ4n) is 3.20. The Kier molecular flexibility index (Phi) is 5.48. The van der Waals surface area contributed by atoms with Crippen molar-refractivity contribution in [2.45, 2.75) is 20.0 Å². The molecule has 28 heavy (non-hydrogen) atoms. The largest absolute Gasteiger partial charge is 0.497 e. The SMILES string of the molecule is CCN(Cc1ccc2c(c1)OCCO2)Cc1coc(-c2ccc(OC)cc2)n1. The average molecular weight is 380 g/mol. The van der Waals surface area contributed by atoms with Crippen LogP contribution >= 0.6 is 0 Å². The maximum Gasteiger partial charge on any atom is 0.226 e. The van der Waals surface area contributed by atoms with Crippen molar-refractivity contribution in [2.75, 3.05) is 26.9 Å². The number of fused-ring (bicyclic) bond motifs is 1. The number of ether oxygens (including phenoxy) is 3. The lowest BCUT2D eigenvalue weighted by Gasteiger charge is -2.22. The lowest BCUT2D eigenvalue weighted by molar-refractivity contribution is 0.171. The van der Waals surface area contributed by atoms with Gasteiger partial charge in [-0.1, -0.05) is 13.0 Å². The molecule has 0 atom stereocenters. The Labute approximate surface area is 164 Å². The van der Waals surface area contributed by atoms with Crippen LogP contribution in [0.2, 0.25) is 0 Å². The summed E-state index contributed by atoms with van der Waals surface area (Å²) in [6.45, 7) is 5.77. The normalized spacial score (nSPS) is 13.0. The van der Waals surface area contributed by atoms with E-state index < -0.39 is 0 Å². The zero-order chi connectivity index (χ0) is 19.3. The predicted octanol–water partition coefficient (Wildman–Crippen LogP) is 4.14. The Balaban J connectivity index is 1.43. The van der Waals surface area contributed by atoms with Crippen molar-refractivity contribution in [1.29, 1.82) is 0 Å². The number of hydrogen-bond donors (Lipinski definition) is 0. The predicted molar refractivity (Wildman–Crippen MR) is 106 cm³/mol. The summed E-state index contributed by atoms with van der Waals surface area (Å²) >= 11 is 0. The van der Waals surface area contributed by atoms with E-state index in [9.17, 15) is 0 Å². The van der Waals surface area contributed by atoms with Gasteiger partial charge in [0, 0.05) is 18.7 Å². The van der Waals surface area contributed by atoms with E-state index >= 15 is 0 Å². The molecule has 0 bridgehead atoms. The van der Waals surface area contributed by atoms with Gasteiger partial charge >= 0.3 is 0 Å². The molecule has 0 radical (unpaired) electrons. The van der Waals surface area contributed by atoms with Crippen LogP contribution < -0.4 is 14.2 Å². The molecule has 2 heterocycles. The van der Waals surface area contributed by atoms with E-state index in [1.165, 1.54) is 5.56 Å². The Morgan fingerprint density at radius 3 is 2.54 bits per heavy atom. The van der Waals surface area contributed by atoms with Gasteiger partial charge in [-0.3, -0.25) is 4.90 Å². The molecule has 0 aliphatic carbocycles. The molecule has 6 nitrogen and oxygen atoms in total. The summed E-state index contributed by atoms with van der Waals surface area (Å²) in [5.41, 5.74) is 3.03. The summed E-state index contributed by atoms with van der Waals surface area (Å²) in [6, 6.07) is 13.8. The molecule has 0 fully saturated rings. The molecule has 3 aromatic rings. The van der Waals surface area contributed by atoms with Gasteiger partial charge in [0.1, 0.15) is 25.2 Å². The van der Waals surface area contributed by atoms with Crippen molar-refractivity contribution in [2.24, 2.45) is 0 Å². The molecule has 1 aliphatic rings. The number of rotatable bonds is 7. The summed E-state index contributed by atoms with van der Waals surface area (Å²) in [7, 11) is 1.65. The highest BCUT2D eigenvalue weighted by atomic mass is 16.6. The summed E-state index contributed by atoms with van der Waals surface area (Å²) in [4.78, 5) is 6.95. The topological polar surface area (TPSA) is 57.0 Å². The van der Waals surface area contributed by atoms with Crippen LogP contribution in [0.1, 0.15) is 18.2 Å². The molecular formula is C22H24N2O4. The van der Waals surface area contributed by atoms with Crippen molar-refractivity contribution >= 4 is 0 Å². The molecule has 0 spiro atoms. The minimum Gasteiger partial charge on any atom is -0.497 e. The minimum absolute atomic E-state index is 0.598. The van der Waals surface area contributed by atoms with E-state index in [4.69, 9.17) is 18.6 Å². The number of hydrogen-bond acceptors (Lipinski definition) is 6. The first-order valence-electron chi connectivity index (χ1n) is 9.45. The monoisotopic (exact) mass is 380 g/mol. The second kappa shape index (κ2) is 8.35. The van der Waals surface area contributed by atoms with E-state index in [1.807, 2.05) is 30.3 Å². The van der Waals surface area contributed by atoms with Crippen molar-refractivity contribution in [3.05, 3.63) is 60.0 Å². The van der Waals surface area contributed by atoms with Crippen LogP contribution in [0.5, 0.6) is 17.2 Å². The van der Waals surface area contributed by atoms with Crippen LogP contribution in [0.15, 0.2) is 53.1 Å². The number of benzene rings is 2. The van der Waals surface area contributed by atoms with Crippen LogP contribution in [0.3, 0.4) is 0 Å². The standard InChI is InChI=1S/C22H24N2O4/c1-3-24(13-16-4-9-20-21(12-16)27-11-10-26-20)14-18-15-28-22(23-18)17-5-7-19(25-2)8-6-17/h4-9,12,15H,3,10-11,13-14H2,1-2H3. The van der Waals surface area contributed by atoms with Crippen molar-refractivity contribution < 1.29 is 18.6 Å². The molecule has 1 aromatic heterocycles. The quantitative estimate of drug-likeness (QED) is 0.614. The van der Waals surface area contributed by atoms with Gasteiger partial charge in [0.05, 0.1) is 12.8 Å². The molecule has 2 aromatic carbocycles. The van der Waals surface area contributed by atoms with Crippen LogP contribution in [0, 0.1) is 0 Å². The minimum atomic E-state index is 0.598. The van der Waals surface area contributed by atoms with Crippen LogP contribution in [0.25, 0.3) is 11.5 Å². The second-order valence-corrected chi connectivity index (χ2v) is 6.65. The number of nitrogens with zero attached hydrogens (tertiary/aromatic N) is 2. The number of oxazole rings is 1. The Hall–Kier alpha value is -2.99. The summed E-state index contributed by atoms with van der Waals surface area (Å²) in [6.07, 6.45) is 1.73. The number of aromatic nitrogens is 1. The van der Waals surface area contributed by atoms with Crippen molar-refractivity contribution in [3.63, 3.8) is 0 Å². The molecule has 0 N–H and O–H groups in total. The molecule has 0 saturated carbocycles. The van der Waals surface area contributed by atoms with E-state index in [0.29, 0.717) is 25.6 Å². The lowest BCUT2D eigenvalue weighted by Crippen LogP contribution is -2.23. The molecular weight excluding hydrogens is 356 g/mol. The molecule has 6 heteroatoms. The Morgan fingerprint density at radius 2 is 1.79 bits per heavy atom. The van der Waals surface area contributed by atoms with Gasteiger partial charge in [-0.05, 0) is 48.5 Å². The fraction of sp³-hybridized carbons (Fsp3) is 0.318. The third-order valence-corrected chi connectivity index (χ3v) is 4.73. The van der Waals surface area contributed by atoms with Gasteiger partial charge in [0.15, 0.2) is 11.5 Å². The highest BCUT2D eigenvalue weighted by molar-refractivity contribution is 5.54. The molecule has 0 amide bonds. The van der Waals surface area contributed by atoms with Gasteiger partial charge in [-0.15, -0.1) is 0 Å². The Bertz CT molecular complexity index is 921. The molecule has 4 rings (SSSR count). The second-order valence-electron chi connectivity index (χ2n) is 6.65. The van der Waals surface area contributed by atoms with Gasteiger partial charge in [0.2, 0.25) is 5.89 Å². The Morgan fingerprint density at radius 1 is 1.00 bits per heavy atom. The lowest BCUT2D eigenvalue weighted by atomic mass is 10.1. The van der Waals surface area contributed by atoms with Gasteiger partial charge in [-0.2, -0.15) is 0 Å². The zero-order valence-corrected chi connectivity index (χ0v) is 16.2. The van der Waals surface area contributed by atoms with E-state index in [2.05, 4.69) is 28.9 Å². The van der Waals surface area contributed by atoms with Gasteiger partial charge in [-0.25, -0.2) is 4.98 Å². The van der Waals surface area contributed by atoms with Crippen LogP contribution in [-0.2, 0) is 13.1 Å². The number of methoxy groups -OCH3 is 1. The third kappa shape index (κ3) is 4.12. The smallest absolute Gasteiger partial charge is 0.226 e. The molecule has 0 saturated heterocycles. The first-order valence-corrected chi connectivity index (χ1v) is 9.45. The van der Waals surface area contributed by atoms with Crippen LogP contribution in [-0.4, -0.2) is 36.8 Å².